The Balaban J connectivity index is 2.03. The lowest BCUT2D eigenvalue weighted by atomic mass is 10.1. The first-order valence-electron chi connectivity index (χ1n) is 6.84. The summed E-state index contributed by atoms with van der Waals surface area (Å²) in [5, 5.41) is 6.34. The average molecular weight is 368 g/mol. The number of hydrogen-bond donors (Lipinski definition) is 1. The van der Waals surface area contributed by atoms with Crippen LogP contribution in [0, 0.1) is 5.82 Å². The van der Waals surface area contributed by atoms with E-state index in [1.54, 1.807) is 17.4 Å². The molecule has 5 heteroatoms. The van der Waals surface area contributed by atoms with Crippen LogP contribution in [0.1, 0.15) is 30.7 Å². The predicted molar refractivity (Wildman–Crippen MR) is 88.3 cm³/mol. The fourth-order valence-electron chi connectivity index (χ4n) is 2.34. The van der Waals surface area contributed by atoms with Gasteiger partial charge in [0.25, 0.3) is 0 Å². The number of thiophene rings is 1. The molecule has 2 aromatic heterocycles. The molecule has 0 amide bonds. The van der Waals surface area contributed by atoms with Gasteiger partial charge in [-0.25, -0.2) is 4.39 Å². The Hall–Kier alpha value is -1.17. The highest BCUT2D eigenvalue weighted by Gasteiger charge is 2.20. The normalized spacial score (nSPS) is 12.9. The van der Waals surface area contributed by atoms with Gasteiger partial charge in [-0.3, -0.25) is 0 Å². The second-order valence-corrected chi connectivity index (χ2v) is 7.17. The van der Waals surface area contributed by atoms with Crippen molar-refractivity contribution in [1.29, 1.82) is 0 Å². The zero-order valence-corrected chi connectivity index (χ0v) is 13.9. The molecule has 0 saturated heterocycles. The quantitative estimate of drug-likeness (QED) is 0.645. The number of benzene rings is 1. The van der Waals surface area contributed by atoms with E-state index in [0.717, 1.165) is 33.5 Å². The minimum atomic E-state index is -0.320. The molecule has 0 radical (unpaired) electrons. The summed E-state index contributed by atoms with van der Waals surface area (Å²) in [6.45, 7) is 2.99. The van der Waals surface area contributed by atoms with E-state index in [0.29, 0.717) is 5.58 Å². The third kappa shape index (κ3) is 3.05. The molecule has 0 aliphatic heterocycles. The van der Waals surface area contributed by atoms with Crippen LogP contribution in [0.5, 0.6) is 0 Å². The second kappa shape index (κ2) is 6.30. The Bertz CT molecular complexity index is 752. The van der Waals surface area contributed by atoms with Crippen LogP contribution in [0.4, 0.5) is 4.39 Å². The molecule has 21 heavy (non-hydrogen) atoms. The maximum absolute atomic E-state index is 13.8. The van der Waals surface area contributed by atoms with Crippen LogP contribution in [0.25, 0.3) is 11.0 Å². The first-order valence-corrected chi connectivity index (χ1v) is 8.51. The van der Waals surface area contributed by atoms with Gasteiger partial charge in [-0.15, -0.1) is 11.3 Å². The van der Waals surface area contributed by atoms with Crippen molar-refractivity contribution in [3.63, 3.8) is 0 Å². The van der Waals surface area contributed by atoms with Crippen LogP contribution in [-0.2, 0) is 0 Å². The summed E-state index contributed by atoms with van der Waals surface area (Å²) in [6, 6.07) is 8.92. The molecule has 0 fully saturated rings. The number of hydrogen-bond acceptors (Lipinski definition) is 3. The Labute approximate surface area is 135 Å². The minimum absolute atomic E-state index is 0.0562. The fraction of sp³-hybridized carbons (Fsp3) is 0.250. The van der Waals surface area contributed by atoms with Crippen molar-refractivity contribution in [2.45, 2.75) is 19.4 Å². The number of halogens is 2. The standard InChI is InChI=1S/C16H15BrFNOS/c1-2-6-19-15(11-8-14(17)21-9-11)13-7-10-4-3-5-12(18)16(10)20-13/h3-5,7-9,15,19H,2,6H2,1H3. The molecule has 1 atom stereocenters. The lowest BCUT2D eigenvalue weighted by Gasteiger charge is -2.14. The van der Waals surface area contributed by atoms with E-state index < -0.39 is 0 Å². The lowest BCUT2D eigenvalue weighted by Crippen LogP contribution is -2.22. The minimum Gasteiger partial charge on any atom is -0.456 e. The summed E-state index contributed by atoms with van der Waals surface area (Å²) < 4.78 is 20.6. The molecular weight excluding hydrogens is 353 g/mol. The lowest BCUT2D eigenvalue weighted by molar-refractivity contribution is 0.459. The molecule has 110 valence electrons. The Morgan fingerprint density at radius 1 is 1.38 bits per heavy atom. The van der Waals surface area contributed by atoms with Gasteiger partial charge in [0.1, 0.15) is 5.76 Å². The summed E-state index contributed by atoms with van der Waals surface area (Å²) in [7, 11) is 0. The van der Waals surface area contributed by atoms with Crippen molar-refractivity contribution >= 4 is 38.2 Å². The number of nitrogens with one attached hydrogen (secondary N) is 1. The summed E-state index contributed by atoms with van der Waals surface area (Å²) >= 11 is 5.12. The van der Waals surface area contributed by atoms with Crippen molar-refractivity contribution < 1.29 is 8.81 Å². The zero-order valence-electron chi connectivity index (χ0n) is 11.5. The third-order valence-electron chi connectivity index (χ3n) is 3.32. The number of para-hydroxylation sites is 1. The molecule has 2 nitrogen and oxygen atoms in total. The molecule has 0 aliphatic rings. The maximum atomic E-state index is 13.8. The molecular formula is C16H15BrFNOS. The zero-order chi connectivity index (χ0) is 14.8. The smallest absolute Gasteiger partial charge is 0.169 e. The van der Waals surface area contributed by atoms with Crippen LogP contribution in [0.3, 0.4) is 0 Å². The monoisotopic (exact) mass is 367 g/mol. The second-order valence-electron chi connectivity index (χ2n) is 4.88. The fourth-order valence-corrected chi connectivity index (χ4v) is 3.54. The van der Waals surface area contributed by atoms with Gasteiger partial charge in [0.2, 0.25) is 0 Å². The van der Waals surface area contributed by atoms with E-state index in [-0.39, 0.29) is 11.9 Å². The largest absolute Gasteiger partial charge is 0.456 e. The molecule has 1 aromatic carbocycles. The Morgan fingerprint density at radius 3 is 2.90 bits per heavy atom. The number of fused-ring (bicyclic) bond motifs is 1. The third-order valence-corrected chi connectivity index (χ3v) is 4.84. The molecule has 3 aromatic rings. The van der Waals surface area contributed by atoms with Gasteiger partial charge < -0.3 is 9.73 Å². The van der Waals surface area contributed by atoms with Crippen LogP contribution in [0.15, 0.2) is 43.9 Å². The van der Waals surface area contributed by atoms with Crippen molar-refractivity contribution in [2.24, 2.45) is 0 Å². The van der Waals surface area contributed by atoms with E-state index >= 15 is 0 Å². The van der Waals surface area contributed by atoms with Crippen LogP contribution < -0.4 is 5.32 Å². The van der Waals surface area contributed by atoms with E-state index in [1.807, 2.05) is 12.1 Å². The summed E-state index contributed by atoms with van der Waals surface area (Å²) in [5.41, 5.74) is 1.45. The van der Waals surface area contributed by atoms with Gasteiger partial charge >= 0.3 is 0 Å². The topological polar surface area (TPSA) is 25.2 Å². The highest BCUT2D eigenvalue weighted by Crippen LogP contribution is 2.33. The van der Waals surface area contributed by atoms with Gasteiger partial charge in [0.05, 0.1) is 9.83 Å². The predicted octanol–water partition coefficient (Wildman–Crippen LogP) is 5.48. The van der Waals surface area contributed by atoms with Gasteiger partial charge in [0, 0.05) is 5.39 Å². The first-order chi connectivity index (χ1) is 10.2. The van der Waals surface area contributed by atoms with Gasteiger partial charge in [-0.05, 0) is 58.0 Å². The van der Waals surface area contributed by atoms with Crippen molar-refractivity contribution in [3.05, 3.63) is 56.6 Å². The van der Waals surface area contributed by atoms with Crippen LogP contribution in [-0.4, -0.2) is 6.54 Å². The molecule has 0 aliphatic carbocycles. The van der Waals surface area contributed by atoms with Gasteiger partial charge in [-0.1, -0.05) is 19.1 Å². The average Bonchev–Trinajstić information content (AvgIpc) is 3.07. The molecule has 0 bridgehead atoms. The Morgan fingerprint density at radius 2 is 2.24 bits per heavy atom. The van der Waals surface area contributed by atoms with Crippen molar-refractivity contribution in [1.82, 2.24) is 5.32 Å². The van der Waals surface area contributed by atoms with E-state index in [4.69, 9.17) is 4.42 Å². The van der Waals surface area contributed by atoms with E-state index in [9.17, 15) is 4.39 Å². The molecule has 0 saturated carbocycles. The summed E-state index contributed by atoms with van der Waals surface area (Å²) in [6.07, 6.45) is 1.02. The number of furan rings is 1. The van der Waals surface area contributed by atoms with Gasteiger partial charge in [-0.2, -0.15) is 0 Å². The SMILES string of the molecule is CCCNC(c1csc(Br)c1)c1cc2cccc(F)c2o1. The molecule has 0 spiro atoms. The molecule has 3 rings (SSSR count). The highest BCUT2D eigenvalue weighted by atomic mass is 79.9. The Kier molecular flexibility index (Phi) is 4.42. The summed E-state index contributed by atoms with van der Waals surface area (Å²) in [4.78, 5) is 0. The molecule has 1 N–H and O–H groups in total. The molecule has 1 unspecified atom stereocenters. The first kappa shape index (κ1) is 14.8. The maximum Gasteiger partial charge on any atom is 0.169 e. The molecule has 2 heterocycles. The van der Waals surface area contributed by atoms with Crippen molar-refractivity contribution in [2.75, 3.05) is 6.54 Å². The summed E-state index contributed by atoms with van der Waals surface area (Å²) in [5.74, 6) is 0.424. The van der Waals surface area contributed by atoms with E-state index in [1.165, 1.54) is 6.07 Å². The highest BCUT2D eigenvalue weighted by molar-refractivity contribution is 9.11. The van der Waals surface area contributed by atoms with Gasteiger partial charge in [0.15, 0.2) is 11.4 Å². The van der Waals surface area contributed by atoms with E-state index in [2.05, 4.69) is 39.6 Å². The number of rotatable bonds is 5. The van der Waals surface area contributed by atoms with Crippen molar-refractivity contribution in [3.8, 4) is 0 Å². The van der Waals surface area contributed by atoms with Crippen LogP contribution >= 0.6 is 27.3 Å². The van der Waals surface area contributed by atoms with Crippen LogP contribution in [0.2, 0.25) is 0 Å².